The third-order valence-corrected chi connectivity index (χ3v) is 3.30. The molecule has 0 aliphatic heterocycles. The van der Waals surface area contributed by atoms with E-state index in [0.29, 0.717) is 6.42 Å². The fourth-order valence-electron chi connectivity index (χ4n) is 1.74. The lowest BCUT2D eigenvalue weighted by Crippen LogP contribution is -2.41. The number of hydrogen-bond acceptors (Lipinski definition) is 3. The van der Waals surface area contributed by atoms with Gasteiger partial charge in [0.2, 0.25) is 5.91 Å². The van der Waals surface area contributed by atoms with Crippen LogP contribution in [0.1, 0.15) is 24.8 Å². The van der Waals surface area contributed by atoms with E-state index in [4.69, 9.17) is 10.2 Å². The monoisotopic (exact) mass is 357 g/mol. The number of nitrogens with one attached hydrogen (secondary N) is 1. The van der Waals surface area contributed by atoms with Crippen molar-refractivity contribution in [1.29, 1.82) is 0 Å². The summed E-state index contributed by atoms with van der Waals surface area (Å²) in [7, 11) is 0. The molecule has 1 aromatic rings. The standard InChI is InChI=1S/C14H16BrNO5/c15-10-3-1-2-9(8-10)4-6-12(17)16-11(14(20)21)5-7-13(18)19/h1-3,8,11H,4-7H2,(H,16,17)(H,18,19)(H,20,21). The third-order valence-electron chi connectivity index (χ3n) is 2.81. The zero-order valence-electron chi connectivity index (χ0n) is 11.2. The topological polar surface area (TPSA) is 104 Å². The zero-order valence-corrected chi connectivity index (χ0v) is 12.8. The van der Waals surface area contributed by atoms with Gasteiger partial charge in [-0.05, 0) is 30.5 Å². The number of carboxylic acid groups (broad SMARTS) is 2. The maximum absolute atomic E-state index is 11.7. The number of carbonyl (C=O) groups excluding carboxylic acids is 1. The van der Waals surface area contributed by atoms with Gasteiger partial charge in [-0.2, -0.15) is 0 Å². The maximum atomic E-state index is 11.7. The molecular formula is C14H16BrNO5. The number of carboxylic acids is 2. The van der Waals surface area contributed by atoms with Crippen LogP contribution in [0.3, 0.4) is 0 Å². The zero-order chi connectivity index (χ0) is 15.8. The van der Waals surface area contributed by atoms with Gasteiger partial charge >= 0.3 is 11.9 Å². The number of hydrogen-bond donors (Lipinski definition) is 3. The number of rotatable bonds is 8. The highest BCUT2D eigenvalue weighted by molar-refractivity contribution is 9.10. The largest absolute Gasteiger partial charge is 0.481 e. The minimum absolute atomic E-state index is 0.132. The Morgan fingerprint density at radius 1 is 1.19 bits per heavy atom. The highest BCUT2D eigenvalue weighted by Crippen LogP contribution is 2.13. The van der Waals surface area contributed by atoms with Gasteiger partial charge in [0, 0.05) is 17.3 Å². The van der Waals surface area contributed by atoms with Gasteiger partial charge in [0.25, 0.3) is 0 Å². The van der Waals surface area contributed by atoms with E-state index >= 15 is 0 Å². The first-order chi connectivity index (χ1) is 9.88. The molecular weight excluding hydrogens is 342 g/mol. The predicted molar refractivity (Wildman–Crippen MR) is 78.9 cm³/mol. The Kier molecular flexibility index (Phi) is 6.87. The smallest absolute Gasteiger partial charge is 0.326 e. The summed E-state index contributed by atoms with van der Waals surface area (Å²) in [6.45, 7) is 0. The van der Waals surface area contributed by atoms with Crippen molar-refractivity contribution in [1.82, 2.24) is 5.32 Å². The van der Waals surface area contributed by atoms with Gasteiger partial charge in [-0.15, -0.1) is 0 Å². The number of benzene rings is 1. The molecule has 0 spiro atoms. The van der Waals surface area contributed by atoms with Crippen LogP contribution in [0.25, 0.3) is 0 Å². The van der Waals surface area contributed by atoms with E-state index in [1.165, 1.54) is 0 Å². The molecule has 7 heteroatoms. The molecule has 1 amide bonds. The molecule has 0 saturated carbocycles. The van der Waals surface area contributed by atoms with Crippen molar-refractivity contribution < 1.29 is 24.6 Å². The summed E-state index contributed by atoms with van der Waals surface area (Å²) in [5.41, 5.74) is 0.955. The van der Waals surface area contributed by atoms with Crippen LogP contribution in [-0.4, -0.2) is 34.1 Å². The van der Waals surface area contributed by atoms with Crippen LogP contribution in [0.4, 0.5) is 0 Å². The Hall–Kier alpha value is -1.89. The first kappa shape index (κ1) is 17.2. The van der Waals surface area contributed by atoms with Crippen LogP contribution >= 0.6 is 15.9 Å². The average molecular weight is 358 g/mol. The van der Waals surface area contributed by atoms with E-state index in [-0.39, 0.29) is 19.3 Å². The molecule has 0 saturated heterocycles. The first-order valence-corrected chi connectivity index (χ1v) is 7.16. The van der Waals surface area contributed by atoms with Crippen molar-refractivity contribution >= 4 is 33.8 Å². The van der Waals surface area contributed by atoms with Crippen LogP contribution in [0.5, 0.6) is 0 Å². The number of aryl methyl sites for hydroxylation is 1. The highest BCUT2D eigenvalue weighted by atomic mass is 79.9. The number of carbonyl (C=O) groups is 3. The Morgan fingerprint density at radius 3 is 2.48 bits per heavy atom. The summed E-state index contributed by atoms with van der Waals surface area (Å²) in [5, 5.41) is 19.8. The summed E-state index contributed by atoms with van der Waals surface area (Å²) in [5.74, 6) is -2.73. The molecule has 0 aliphatic carbocycles. The van der Waals surface area contributed by atoms with E-state index in [0.717, 1.165) is 10.0 Å². The predicted octanol–water partition coefficient (Wildman–Crippen LogP) is 1.82. The Bertz CT molecular complexity index is 532. The van der Waals surface area contributed by atoms with Crippen LogP contribution < -0.4 is 5.32 Å². The molecule has 0 heterocycles. The van der Waals surface area contributed by atoms with Gasteiger partial charge in [-0.3, -0.25) is 9.59 Å². The van der Waals surface area contributed by atoms with Crippen molar-refractivity contribution in [2.75, 3.05) is 0 Å². The lowest BCUT2D eigenvalue weighted by Gasteiger charge is -2.13. The highest BCUT2D eigenvalue weighted by Gasteiger charge is 2.20. The van der Waals surface area contributed by atoms with Crippen LogP contribution in [0.15, 0.2) is 28.7 Å². The molecule has 21 heavy (non-hydrogen) atoms. The minimum Gasteiger partial charge on any atom is -0.481 e. The Balaban J connectivity index is 2.46. The molecule has 0 aromatic heterocycles. The molecule has 0 radical (unpaired) electrons. The van der Waals surface area contributed by atoms with Gasteiger partial charge in [-0.1, -0.05) is 28.1 Å². The lowest BCUT2D eigenvalue weighted by molar-refractivity contribution is -0.143. The average Bonchev–Trinajstić information content (AvgIpc) is 2.40. The summed E-state index contributed by atoms with van der Waals surface area (Å²) in [6.07, 6.45) is 0.194. The molecule has 3 N–H and O–H groups in total. The summed E-state index contributed by atoms with van der Waals surface area (Å²) in [4.78, 5) is 33.1. The molecule has 0 fully saturated rings. The van der Waals surface area contributed by atoms with Gasteiger partial charge < -0.3 is 15.5 Å². The second-order valence-corrected chi connectivity index (χ2v) is 5.44. The van der Waals surface area contributed by atoms with Gasteiger partial charge in [0.05, 0.1) is 0 Å². The van der Waals surface area contributed by atoms with Crippen LogP contribution in [0, 0.1) is 0 Å². The van der Waals surface area contributed by atoms with E-state index in [1.807, 2.05) is 24.3 Å². The van der Waals surface area contributed by atoms with Gasteiger partial charge in [0.1, 0.15) is 6.04 Å². The van der Waals surface area contributed by atoms with Crippen molar-refractivity contribution in [3.05, 3.63) is 34.3 Å². The van der Waals surface area contributed by atoms with E-state index in [1.54, 1.807) is 0 Å². The molecule has 1 atom stereocenters. The summed E-state index contributed by atoms with van der Waals surface area (Å²) < 4.78 is 0.908. The summed E-state index contributed by atoms with van der Waals surface area (Å²) in [6, 6.07) is 6.31. The van der Waals surface area contributed by atoms with Gasteiger partial charge in [-0.25, -0.2) is 4.79 Å². The van der Waals surface area contributed by atoms with Crippen molar-refractivity contribution in [2.24, 2.45) is 0 Å². The molecule has 1 unspecified atom stereocenters. The van der Waals surface area contributed by atoms with Crippen LogP contribution in [-0.2, 0) is 20.8 Å². The first-order valence-electron chi connectivity index (χ1n) is 6.37. The summed E-state index contributed by atoms with van der Waals surface area (Å²) >= 11 is 3.33. The molecule has 0 aliphatic rings. The molecule has 1 rings (SSSR count). The quantitative estimate of drug-likeness (QED) is 0.658. The second kappa shape index (κ2) is 8.41. The van der Waals surface area contributed by atoms with E-state index in [2.05, 4.69) is 21.2 Å². The molecule has 114 valence electrons. The molecule has 0 bridgehead atoms. The van der Waals surface area contributed by atoms with Crippen molar-refractivity contribution in [3.63, 3.8) is 0 Å². The van der Waals surface area contributed by atoms with Crippen LogP contribution in [0.2, 0.25) is 0 Å². The molecule has 6 nitrogen and oxygen atoms in total. The number of amides is 1. The fourth-order valence-corrected chi connectivity index (χ4v) is 2.19. The normalized spacial score (nSPS) is 11.7. The second-order valence-electron chi connectivity index (χ2n) is 4.52. The number of halogens is 1. The Morgan fingerprint density at radius 2 is 1.90 bits per heavy atom. The minimum atomic E-state index is -1.23. The SMILES string of the molecule is O=C(O)CCC(NC(=O)CCc1cccc(Br)c1)C(=O)O. The molecule has 1 aromatic carbocycles. The van der Waals surface area contributed by atoms with E-state index in [9.17, 15) is 14.4 Å². The lowest BCUT2D eigenvalue weighted by atomic mass is 10.1. The van der Waals surface area contributed by atoms with Crippen molar-refractivity contribution in [2.45, 2.75) is 31.7 Å². The van der Waals surface area contributed by atoms with Crippen molar-refractivity contribution in [3.8, 4) is 0 Å². The fraction of sp³-hybridized carbons (Fsp3) is 0.357. The Labute approximate surface area is 130 Å². The third kappa shape index (κ3) is 6.89. The number of aliphatic carboxylic acids is 2. The van der Waals surface area contributed by atoms with Gasteiger partial charge in [0.15, 0.2) is 0 Å². The maximum Gasteiger partial charge on any atom is 0.326 e. The van der Waals surface area contributed by atoms with E-state index < -0.39 is 23.9 Å².